The molecule has 0 radical (unpaired) electrons. The van der Waals surface area contributed by atoms with Gasteiger partial charge in [-0.25, -0.2) is 5.43 Å². The van der Waals surface area contributed by atoms with Crippen molar-refractivity contribution in [1.82, 2.24) is 5.43 Å². The van der Waals surface area contributed by atoms with E-state index < -0.39 is 0 Å². The Hall–Kier alpha value is -1.64. The van der Waals surface area contributed by atoms with Gasteiger partial charge in [0.1, 0.15) is 0 Å². The van der Waals surface area contributed by atoms with Gasteiger partial charge in [-0.1, -0.05) is 49.6 Å². The summed E-state index contributed by atoms with van der Waals surface area (Å²) in [5.41, 5.74) is 5.20. The fourth-order valence-corrected chi connectivity index (χ4v) is 3.74. The van der Waals surface area contributed by atoms with Crippen LogP contribution in [0.5, 0.6) is 0 Å². The van der Waals surface area contributed by atoms with Crippen molar-refractivity contribution < 1.29 is 4.79 Å². The van der Waals surface area contributed by atoms with E-state index >= 15 is 0 Å². The summed E-state index contributed by atoms with van der Waals surface area (Å²) in [7, 11) is 0. The number of benzene rings is 1. The smallest absolute Gasteiger partial charge is 0.244 e. The molecule has 1 aromatic carbocycles. The van der Waals surface area contributed by atoms with E-state index in [0.717, 1.165) is 5.56 Å². The average molecular weight is 270 g/mol. The summed E-state index contributed by atoms with van der Waals surface area (Å²) in [5, 5.41) is 4.10. The van der Waals surface area contributed by atoms with Crippen LogP contribution < -0.4 is 5.43 Å². The fourth-order valence-electron chi connectivity index (χ4n) is 3.74. The summed E-state index contributed by atoms with van der Waals surface area (Å²) in [6.45, 7) is 4.31. The second-order valence-corrected chi connectivity index (χ2v) is 6.48. The number of rotatable bonds is 3. The van der Waals surface area contributed by atoms with Crippen molar-refractivity contribution in [1.29, 1.82) is 0 Å². The van der Waals surface area contributed by atoms with E-state index in [1.54, 1.807) is 6.21 Å². The quantitative estimate of drug-likeness (QED) is 0.664. The summed E-state index contributed by atoms with van der Waals surface area (Å²) in [5.74, 6) is 0.869. The summed E-state index contributed by atoms with van der Waals surface area (Å²) >= 11 is 0. The SMILES string of the molecule is Cc1ccc(C=NNC(=O)C2C3CCCCC32C)cc1. The molecule has 0 heterocycles. The van der Waals surface area contributed by atoms with Crippen molar-refractivity contribution in [2.24, 2.45) is 22.4 Å². The molecular weight excluding hydrogens is 248 g/mol. The van der Waals surface area contributed by atoms with Crippen molar-refractivity contribution >= 4 is 12.1 Å². The molecule has 0 spiro atoms. The molecule has 3 heteroatoms. The van der Waals surface area contributed by atoms with Gasteiger partial charge in [-0.15, -0.1) is 0 Å². The molecule has 2 aliphatic carbocycles. The second kappa shape index (κ2) is 5.04. The number of hydrogen-bond donors (Lipinski definition) is 1. The molecule has 2 saturated carbocycles. The van der Waals surface area contributed by atoms with Gasteiger partial charge in [0.05, 0.1) is 6.21 Å². The number of nitrogens with one attached hydrogen (secondary N) is 1. The number of amides is 1. The van der Waals surface area contributed by atoms with Gasteiger partial charge in [-0.3, -0.25) is 4.79 Å². The number of nitrogens with zero attached hydrogens (tertiary/aromatic N) is 1. The first-order valence-electron chi connectivity index (χ1n) is 7.51. The molecule has 1 amide bonds. The molecule has 0 bridgehead atoms. The Kier molecular flexibility index (Phi) is 3.36. The standard InChI is InChI=1S/C17H22N2O/c1-12-6-8-13(9-7-12)11-18-19-16(20)15-14-5-3-4-10-17(14,15)2/h6-9,11,14-15H,3-5,10H2,1-2H3,(H,19,20). The van der Waals surface area contributed by atoms with E-state index in [9.17, 15) is 4.79 Å². The number of fused-ring (bicyclic) bond motifs is 1. The van der Waals surface area contributed by atoms with Crippen molar-refractivity contribution in [3.8, 4) is 0 Å². The Labute approximate surface area is 120 Å². The first-order valence-corrected chi connectivity index (χ1v) is 7.51. The summed E-state index contributed by atoms with van der Waals surface area (Å²) in [6, 6.07) is 8.09. The van der Waals surface area contributed by atoms with E-state index in [1.807, 2.05) is 24.3 Å². The van der Waals surface area contributed by atoms with Crippen LogP contribution in [0, 0.1) is 24.2 Å². The first kappa shape index (κ1) is 13.3. The highest BCUT2D eigenvalue weighted by Crippen LogP contribution is 2.66. The molecule has 3 unspecified atom stereocenters. The first-order chi connectivity index (χ1) is 9.61. The zero-order chi connectivity index (χ0) is 14.2. The molecule has 1 N–H and O–H groups in total. The highest BCUT2D eigenvalue weighted by Gasteiger charge is 2.64. The maximum atomic E-state index is 12.2. The number of aryl methyl sites for hydroxylation is 1. The molecule has 1 aromatic rings. The Morgan fingerprint density at radius 2 is 2.10 bits per heavy atom. The van der Waals surface area contributed by atoms with E-state index in [-0.39, 0.29) is 17.2 Å². The summed E-state index contributed by atoms with van der Waals surface area (Å²) in [4.78, 5) is 12.2. The van der Waals surface area contributed by atoms with E-state index in [0.29, 0.717) is 5.92 Å². The molecule has 0 aliphatic heterocycles. The van der Waals surface area contributed by atoms with Crippen LogP contribution in [0.1, 0.15) is 43.7 Å². The maximum Gasteiger partial charge on any atom is 0.244 e. The van der Waals surface area contributed by atoms with Crippen molar-refractivity contribution in [2.45, 2.75) is 39.5 Å². The van der Waals surface area contributed by atoms with Crippen LogP contribution in [0.15, 0.2) is 29.4 Å². The molecule has 3 atom stereocenters. The predicted molar refractivity (Wildman–Crippen MR) is 80.5 cm³/mol. The Morgan fingerprint density at radius 3 is 2.75 bits per heavy atom. The van der Waals surface area contributed by atoms with Crippen LogP contribution >= 0.6 is 0 Å². The van der Waals surface area contributed by atoms with Gasteiger partial charge in [0.15, 0.2) is 0 Å². The highest BCUT2D eigenvalue weighted by atomic mass is 16.2. The lowest BCUT2D eigenvalue weighted by Gasteiger charge is -2.15. The molecule has 2 fully saturated rings. The lowest BCUT2D eigenvalue weighted by atomic mass is 9.90. The van der Waals surface area contributed by atoms with Gasteiger partial charge < -0.3 is 0 Å². The van der Waals surface area contributed by atoms with E-state index in [2.05, 4.69) is 24.4 Å². The molecule has 106 valence electrons. The number of hydrogen-bond acceptors (Lipinski definition) is 2. The maximum absolute atomic E-state index is 12.2. The molecule has 0 saturated heterocycles. The normalized spacial score (nSPS) is 31.9. The van der Waals surface area contributed by atoms with Crippen molar-refractivity contribution in [2.75, 3.05) is 0 Å². The minimum Gasteiger partial charge on any atom is -0.273 e. The van der Waals surface area contributed by atoms with E-state index in [1.165, 1.54) is 31.2 Å². The van der Waals surface area contributed by atoms with Gasteiger partial charge in [-0.05, 0) is 36.7 Å². The third-order valence-corrected chi connectivity index (χ3v) is 5.08. The van der Waals surface area contributed by atoms with Crippen LogP contribution in [0.3, 0.4) is 0 Å². The lowest BCUT2D eigenvalue weighted by Crippen LogP contribution is -2.22. The average Bonchev–Trinajstić information content (AvgIpc) is 3.06. The monoisotopic (exact) mass is 270 g/mol. The third kappa shape index (κ3) is 2.37. The molecule has 2 aliphatic rings. The van der Waals surface area contributed by atoms with Crippen LogP contribution in [-0.2, 0) is 4.79 Å². The molecule has 20 heavy (non-hydrogen) atoms. The van der Waals surface area contributed by atoms with Crippen LogP contribution in [0.2, 0.25) is 0 Å². The highest BCUT2D eigenvalue weighted by molar-refractivity contribution is 5.85. The summed E-state index contributed by atoms with van der Waals surface area (Å²) in [6.07, 6.45) is 6.65. The molecule has 3 nitrogen and oxygen atoms in total. The fraction of sp³-hybridized carbons (Fsp3) is 0.529. The van der Waals surface area contributed by atoms with Gasteiger partial charge in [0.2, 0.25) is 5.91 Å². The van der Waals surface area contributed by atoms with Crippen molar-refractivity contribution in [3.05, 3.63) is 35.4 Å². The number of carbonyl (C=O) groups excluding carboxylic acids is 1. The number of hydrazone groups is 1. The molecule has 0 aromatic heterocycles. The van der Waals surface area contributed by atoms with Crippen LogP contribution in [-0.4, -0.2) is 12.1 Å². The Balaban J connectivity index is 1.56. The van der Waals surface area contributed by atoms with Crippen LogP contribution in [0.4, 0.5) is 0 Å². The van der Waals surface area contributed by atoms with E-state index in [4.69, 9.17) is 0 Å². The molecule has 3 rings (SSSR count). The molecular formula is C17H22N2O. The zero-order valence-corrected chi connectivity index (χ0v) is 12.2. The van der Waals surface area contributed by atoms with Crippen molar-refractivity contribution in [3.63, 3.8) is 0 Å². The van der Waals surface area contributed by atoms with Gasteiger partial charge in [-0.2, -0.15) is 5.10 Å². The third-order valence-electron chi connectivity index (χ3n) is 5.08. The van der Waals surface area contributed by atoms with Gasteiger partial charge in [0, 0.05) is 5.92 Å². The largest absolute Gasteiger partial charge is 0.273 e. The topological polar surface area (TPSA) is 41.5 Å². The lowest BCUT2D eigenvalue weighted by molar-refractivity contribution is -0.123. The van der Waals surface area contributed by atoms with Crippen LogP contribution in [0.25, 0.3) is 0 Å². The van der Waals surface area contributed by atoms with Gasteiger partial charge >= 0.3 is 0 Å². The minimum atomic E-state index is 0.0998. The summed E-state index contributed by atoms with van der Waals surface area (Å²) < 4.78 is 0. The predicted octanol–water partition coefficient (Wildman–Crippen LogP) is 3.27. The minimum absolute atomic E-state index is 0.0998. The second-order valence-electron chi connectivity index (χ2n) is 6.48. The Morgan fingerprint density at radius 1 is 1.35 bits per heavy atom. The Bertz CT molecular complexity index is 534. The van der Waals surface area contributed by atoms with Gasteiger partial charge in [0.25, 0.3) is 0 Å². The zero-order valence-electron chi connectivity index (χ0n) is 12.2. The number of carbonyl (C=O) groups is 1.